The number of halogens is 1. The quantitative estimate of drug-likeness (QED) is 0.871. The molecule has 8 heteroatoms. The maximum absolute atomic E-state index is 13.0. The number of aryl methyl sites for hydroxylation is 1. The van der Waals surface area contributed by atoms with Gasteiger partial charge < -0.3 is 10.4 Å². The number of nitrogens with zero attached hydrogens (tertiary/aromatic N) is 3. The lowest BCUT2D eigenvalue weighted by Gasteiger charge is -2.18. The fourth-order valence-electron chi connectivity index (χ4n) is 1.77. The average Bonchev–Trinajstić information content (AvgIpc) is 2.87. The summed E-state index contributed by atoms with van der Waals surface area (Å²) in [7, 11) is 0. The fraction of sp³-hybridized carbons (Fsp3) is 0.333. The standard InChI is InChI=1S/C15H17FN4O3/c1-9-18-12(13(21)17-8-15(2,3)14(22)23)19-20(9)11-6-4-10(16)5-7-11/h4-7H,8H2,1-3H3,(H,17,21)(H,22,23). The van der Waals surface area contributed by atoms with Crippen LogP contribution in [-0.4, -0.2) is 38.3 Å². The van der Waals surface area contributed by atoms with Crippen LogP contribution < -0.4 is 5.32 Å². The highest BCUT2D eigenvalue weighted by Gasteiger charge is 2.28. The van der Waals surface area contributed by atoms with Gasteiger partial charge in [0.25, 0.3) is 5.91 Å². The average molecular weight is 320 g/mol. The van der Waals surface area contributed by atoms with Gasteiger partial charge in [-0.05, 0) is 45.0 Å². The molecule has 1 aromatic heterocycles. The smallest absolute Gasteiger partial charge is 0.310 e. The Balaban J connectivity index is 2.16. The van der Waals surface area contributed by atoms with Crippen molar-refractivity contribution in [3.8, 4) is 5.69 Å². The van der Waals surface area contributed by atoms with Gasteiger partial charge in [0.05, 0.1) is 11.1 Å². The SMILES string of the molecule is Cc1nc(C(=O)NCC(C)(C)C(=O)O)nn1-c1ccc(F)cc1. The van der Waals surface area contributed by atoms with E-state index in [1.807, 2.05) is 0 Å². The molecule has 0 bridgehead atoms. The molecule has 0 aliphatic heterocycles. The van der Waals surface area contributed by atoms with Crippen LogP contribution in [0.1, 0.15) is 30.3 Å². The van der Waals surface area contributed by atoms with Crippen LogP contribution in [0.3, 0.4) is 0 Å². The normalized spacial score (nSPS) is 11.3. The molecule has 0 aliphatic carbocycles. The third-order valence-corrected chi connectivity index (χ3v) is 3.31. The molecular formula is C15H17FN4O3. The number of carbonyl (C=O) groups is 2. The molecular weight excluding hydrogens is 303 g/mol. The lowest BCUT2D eigenvalue weighted by Crippen LogP contribution is -2.39. The molecule has 1 heterocycles. The van der Waals surface area contributed by atoms with E-state index in [2.05, 4.69) is 15.4 Å². The Morgan fingerprint density at radius 2 is 1.91 bits per heavy atom. The highest BCUT2D eigenvalue weighted by Crippen LogP contribution is 2.14. The van der Waals surface area contributed by atoms with Gasteiger partial charge in [0.15, 0.2) is 0 Å². The van der Waals surface area contributed by atoms with Crippen molar-refractivity contribution < 1.29 is 19.1 Å². The first-order valence-corrected chi connectivity index (χ1v) is 6.92. The number of nitrogens with one attached hydrogen (secondary N) is 1. The van der Waals surface area contributed by atoms with Crippen LogP contribution in [0.2, 0.25) is 0 Å². The summed E-state index contributed by atoms with van der Waals surface area (Å²) in [4.78, 5) is 27.1. The Hall–Kier alpha value is -2.77. The third kappa shape index (κ3) is 3.71. The summed E-state index contributed by atoms with van der Waals surface area (Å²) >= 11 is 0. The molecule has 7 nitrogen and oxygen atoms in total. The Kier molecular flexibility index (Phi) is 4.44. The molecule has 0 spiro atoms. The second-order valence-electron chi connectivity index (χ2n) is 5.74. The van der Waals surface area contributed by atoms with Crippen molar-refractivity contribution in [2.75, 3.05) is 6.54 Å². The number of hydrogen-bond donors (Lipinski definition) is 2. The fourth-order valence-corrected chi connectivity index (χ4v) is 1.77. The third-order valence-electron chi connectivity index (χ3n) is 3.31. The first kappa shape index (κ1) is 16.6. The number of hydrogen-bond acceptors (Lipinski definition) is 4. The summed E-state index contributed by atoms with van der Waals surface area (Å²) in [5.41, 5.74) is -0.522. The monoisotopic (exact) mass is 320 g/mol. The van der Waals surface area contributed by atoms with Gasteiger partial charge in [0.1, 0.15) is 11.6 Å². The van der Waals surface area contributed by atoms with Crippen molar-refractivity contribution in [3.63, 3.8) is 0 Å². The molecule has 0 saturated carbocycles. The second-order valence-corrected chi connectivity index (χ2v) is 5.74. The van der Waals surface area contributed by atoms with Gasteiger partial charge in [-0.25, -0.2) is 14.1 Å². The van der Waals surface area contributed by atoms with E-state index in [-0.39, 0.29) is 18.2 Å². The first-order chi connectivity index (χ1) is 10.7. The van der Waals surface area contributed by atoms with Crippen LogP contribution in [0.15, 0.2) is 24.3 Å². The van der Waals surface area contributed by atoms with Crippen LogP contribution in [0.5, 0.6) is 0 Å². The van der Waals surface area contributed by atoms with E-state index in [1.54, 1.807) is 6.92 Å². The van der Waals surface area contributed by atoms with Crippen molar-refractivity contribution in [2.45, 2.75) is 20.8 Å². The number of aromatic nitrogens is 3. The topological polar surface area (TPSA) is 97.1 Å². The molecule has 23 heavy (non-hydrogen) atoms. The minimum absolute atomic E-state index is 0.0503. The number of carboxylic acids is 1. The predicted molar refractivity (Wildman–Crippen MR) is 79.8 cm³/mol. The van der Waals surface area contributed by atoms with Gasteiger partial charge in [-0.1, -0.05) is 0 Å². The van der Waals surface area contributed by atoms with Gasteiger partial charge in [-0.2, -0.15) is 0 Å². The van der Waals surface area contributed by atoms with Crippen molar-refractivity contribution in [1.29, 1.82) is 0 Å². The summed E-state index contributed by atoms with van der Waals surface area (Å²) in [6.45, 7) is 4.62. The highest BCUT2D eigenvalue weighted by atomic mass is 19.1. The number of benzene rings is 1. The largest absolute Gasteiger partial charge is 0.481 e. The Morgan fingerprint density at radius 3 is 2.48 bits per heavy atom. The van der Waals surface area contributed by atoms with Gasteiger partial charge in [0.2, 0.25) is 5.82 Å². The summed E-state index contributed by atoms with van der Waals surface area (Å²) in [5.74, 6) is -1.57. The van der Waals surface area contributed by atoms with Crippen molar-refractivity contribution in [3.05, 3.63) is 41.7 Å². The summed E-state index contributed by atoms with van der Waals surface area (Å²) in [5, 5.41) is 15.6. The van der Waals surface area contributed by atoms with Crippen LogP contribution in [0, 0.1) is 18.2 Å². The number of amides is 1. The van der Waals surface area contributed by atoms with Crippen molar-refractivity contribution >= 4 is 11.9 Å². The lowest BCUT2D eigenvalue weighted by molar-refractivity contribution is -0.146. The zero-order valence-electron chi connectivity index (χ0n) is 13.0. The summed E-state index contributed by atoms with van der Waals surface area (Å²) in [6.07, 6.45) is 0. The number of rotatable bonds is 5. The molecule has 1 aromatic carbocycles. The number of carbonyl (C=O) groups excluding carboxylic acids is 1. The molecule has 122 valence electrons. The maximum atomic E-state index is 13.0. The molecule has 0 saturated heterocycles. The Bertz CT molecular complexity index is 738. The molecule has 0 radical (unpaired) electrons. The van der Waals surface area contributed by atoms with E-state index < -0.39 is 17.3 Å². The van der Waals surface area contributed by atoms with Crippen molar-refractivity contribution in [1.82, 2.24) is 20.1 Å². The van der Waals surface area contributed by atoms with Crippen LogP contribution in [-0.2, 0) is 4.79 Å². The zero-order valence-corrected chi connectivity index (χ0v) is 13.0. The molecule has 0 atom stereocenters. The molecule has 2 aromatic rings. The van der Waals surface area contributed by atoms with E-state index >= 15 is 0 Å². The minimum atomic E-state index is -1.09. The minimum Gasteiger partial charge on any atom is -0.481 e. The van der Waals surface area contributed by atoms with Crippen molar-refractivity contribution in [2.24, 2.45) is 5.41 Å². The molecule has 0 fully saturated rings. The molecule has 2 rings (SSSR count). The summed E-state index contributed by atoms with van der Waals surface area (Å²) < 4.78 is 14.4. The maximum Gasteiger partial charge on any atom is 0.310 e. The number of aliphatic carboxylic acids is 1. The predicted octanol–water partition coefficient (Wildman–Crippen LogP) is 1.56. The first-order valence-electron chi connectivity index (χ1n) is 6.92. The number of carboxylic acid groups (broad SMARTS) is 1. The molecule has 0 unspecified atom stereocenters. The lowest BCUT2D eigenvalue weighted by atomic mass is 9.94. The van der Waals surface area contributed by atoms with Gasteiger partial charge in [-0.15, -0.1) is 5.10 Å². The summed E-state index contributed by atoms with van der Waals surface area (Å²) in [6, 6.07) is 5.61. The van der Waals surface area contributed by atoms with Crippen LogP contribution in [0.4, 0.5) is 4.39 Å². The van der Waals surface area contributed by atoms with E-state index in [4.69, 9.17) is 5.11 Å². The van der Waals surface area contributed by atoms with Gasteiger partial charge in [0, 0.05) is 6.54 Å². The molecule has 1 amide bonds. The Morgan fingerprint density at radius 1 is 1.30 bits per heavy atom. The molecule has 2 N–H and O–H groups in total. The highest BCUT2D eigenvalue weighted by molar-refractivity contribution is 5.90. The van der Waals surface area contributed by atoms with Crippen LogP contribution >= 0.6 is 0 Å². The molecule has 0 aliphatic rings. The second kappa shape index (κ2) is 6.15. The van der Waals surface area contributed by atoms with Crippen LogP contribution in [0.25, 0.3) is 5.69 Å². The van der Waals surface area contributed by atoms with E-state index in [9.17, 15) is 14.0 Å². The van der Waals surface area contributed by atoms with E-state index in [0.717, 1.165) is 0 Å². The van der Waals surface area contributed by atoms with Gasteiger partial charge >= 0.3 is 5.97 Å². The Labute approximate surface area is 132 Å². The van der Waals surface area contributed by atoms with E-state index in [0.29, 0.717) is 11.5 Å². The van der Waals surface area contributed by atoms with Gasteiger partial charge in [-0.3, -0.25) is 9.59 Å². The van der Waals surface area contributed by atoms with E-state index in [1.165, 1.54) is 42.8 Å². The zero-order chi connectivity index (χ0) is 17.2.